The number of ether oxygens (including phenoxy) is 2. The first-order valence-corrected chi connectivity index (χ1v) is 10.1. The summed E-state index contributed by atoms with van der Waals surface area (Å²) in [4.78, 5) is 16.1. The van der Waals surface area contributed by atoms with Crippen molar-refractivity contribution in [1.82, 2.24) is 0 Å². The van der Waals surface area contributed by atoms with Crippen molar-refractivity contribution in [1.29, 1.82) is 0 Å². The van der Waals surface area contributed by atoms with Crippen LogP contribution in [0.25, 0.3) is 0 Å². The van der Waals surface area contributed by atoms with Crippen LogP contribution in [0.2, 0.25) is 0 Å². The number of nitrogens with zero attached hydrogens (tertiary/aromatic N) is 1. The Hall–Kier alpha value is -3.40. The lowest BCUT2D eigenvalue weighted by Crippen LogP contribution is -2.19. The number of hydrogen-bond donors (Lipinski definition) is 0. The lowest BCUT2D eigenvalue weighted by atomic mass is 9.93. The van der Waals surface area contributed by atoms with Crippen molar-refractivity contribution < 1.29 is 14.3 Å². The zero-order valence-electron chi connectivity index (χ0n) is 17.3. The summed E-state index contributed by atoms with van der Waals surface area (Å²) in [6.45, 7) is 0.345. The van der Waals surface area contributed by atoms with Crippen molar-refractivity contribution in [2.75, 3.05) is 14.2 Å². The van der Waals surface area contributed by atoms with E-state index >= 15 is 0 Å². The molecule has 0 saturated carbocycles. The van der Waals surface area contributed by atoms with Crippen LogP contribution in [0.4, 0.5) is 0 Å². The molecule has 4 heteroatoms. The molecule has 0 aliphatic heterocycles. The third-order valence-electron chi connectivity index (χ3n) is 5.68. The Kier molecular flexibility index (Phi) is 5.94. The summed E-state index contributed by atoms with van der Waals surface area (Å²) in [6.07, 6.45) is 2.29. The Morgan fingerprint density at radius 3 is 2.50 bits per heavy atom. The number of methoxy groups -OCH3 is 1. The Morgan fingerprint density at radius 1 is 1.00 bits per heavy atom. The van der Waals surface area contributed by atoms with Crippen LogP contribution in [0.5, 0.6) is 5.75 Å². The second-order valence-corrected chi connectivity index (χ2v) is 7.37. The monoisotopic (exact) mass is 399 g/mol. The van der Waals surface area contributed by atoms with Gasteiger partial charge in [0.05, 0.1) is 7.11 Å². The fraction of sp³-hybridized carbons (Fsp3) is 0.231. The average molecular weight is 399 g/mol. The zero-order valence-corrected chi connectivity index (χ0v) is 17.3. The molecule has 0 spiro atoms. The zero-order chi connectivity index (χ0) is 20.9. The summed E-state index contributed by atoms with van der Waals surface area (Å²) in [5.74, 6) is 0.804. The van der Waals surface area contributed by atoms with Crippen LogP contribution in [-0.4, -0.2) is 25.8 Å². The number of benzene rings is 3. The molecule has 1 aliphatic rings. The molecule has 0 fully saturated rings. The molecule has 0 saturated heterocycles. The predicted octanol–water partition coefficient (Wildman–Crippen LogP) is 4.94. The fourth-order valence-electron chi connectivity index (χ4n) is 4.16. The van der Waals surface area contributed by atoms with Crippen LogP contribution in [0.15, 0.2) is 77.8 Å². The minimum Gasteiger partial charge on any atom is -0.489 e. The van der Waals surface area contributed by atoms with E-state index < -0.39 is 5.97 Å². The third kappa shape index (κ3) is 3.99. The van der Waals surface area contributed by atoms with E-state index in [-0.39, 0.29) is 0 Å². The van der Waals surface area contributed by atoms with Gasteiger partial charge in [0.1, 0.15) is 12.4 Å². The summed E-state index contributed by atoms with van der Waals surface area (Å²) in [5.41, 5.74) is 6.13. The molecule has 30 heavy (non-hydrogen) atoms. The van der Waals surface area contributed by atoms with Gasteiger partial charge in [-0.25, -0.2) is 4.79 Å². The van der Waals surface area contributed by atoms with Gasteiger partial charge in [-0.1, -0.05) is 60.7 Å². The molecule has 3 aromatic rings. The number of aryl methyl sites for hydroxylation is 1. The molecular formula is C26H25NO3. The van der Waals surface area contributed by atoms with Crippen LogP contribution < -0.4 is 4.74 Å². The fourth-order valence-corrected chi connectivity index (χ4v) is 4.16. The molecule has 1 aliphatic carbocycles. The number of hydrogen-bond acceptors (Lipinski definition) is 4. The Morgan fingerprint density at radius 2 is 1.73 bits per heavy atom. The van der Waals surface area contributed by atoms with Crippen molar-refractivity contribution in [3.63, 3.8) is 0 Å². The first-order chi connectivity index (χ1) is 14.7. The first kappa shape index (κ1) is 19.9. The van der Waals surface area contributed by atoms with E-state index in [9.17, 15) is 4.79 Å². The molecule has 0 radical (unpaired) electrons. The minimum atomic E-state index is -0.453. The molecule has 0 N–H and O–H groups in total. The van der Waals surface area contributed by atoms with Gasteiger partial charge in [-0.15, -0.1) is 0 Å². The van der Waals surface area contributed by atoms with Gasteiger partial charge < -0.3 is 9.47 Å². The largest absolute Gasteiger partial charge is 0.489 e. The summed E-state index contributed by atoms with van der Waals surface area (Å²) < 4.78 is 10.9. The van der Waals surface area contributed by atoms with E-state index in [1.807, 2.05) is 36.4 Å². The van der Waals surface area contributed by atoms with E-state index in [0.29, 0.717) is 18.2 Å². The molecular weight excluding hydrogens is 374 g/mol. The molecule has 1 unspecified atom stereocenters. The molecule has 0 aromatic heterocycles. The van der Waals surface area contributed by atoms with Crippen molar-refractivity contribution in [3.05, 3.63) is 101 Å². The van der Waals surface area contributed by atoms with Crippen LogP contribution in [-0.2, 0) is 22.6 Å². The SMILES string of the molecule is CN=C(C(=O)OC)c1ccccc1COc1ccc(C2CCc3ccccc32)cc1. The Bertz CT molecular complexity index is 1070. The van der Waals surface area contributed by atoms with Crippen molar-refractivity contribution in [2.45, 2.75) is 25.4 Å². The van der Waals surface area contributed by atoms with Gasteiger partial charge >= 0.3 is 5.97 Å². The van der Waals surface area contributed by atoms with E-state index in [2.05, 4.69) is 41.4 Å². The van der Waals surface area contributed by atoms with E-state index in [1.165, 1.54) is 23.8 Å². The van der Waals surface area contributed by atoms with Crippen LogP contribution in [0, 0.1) is 0 Å². The van der Waals surface area contributed by atoms with E-state index in [1.54, 1.807) is 7.05 Å². The van der Waals surface area contributed by atoms with Crippen molar-refractivity contribution in [3.8, 4) is 5.75 Å². The van der Waals surface area contributed by atoms with Crippen LogP contribution >= 0.6 is 0 Å². The number of esters is 1. The normalized spacial score (nSPS) is 15.5. The molecule has 0 heterocycles. The van der Waals surface area contributed by atoms with Gasteiger partial charge in [0.25, 0.3) is 0 Å². The van der Waals surface area contributed by atoms with Crippen LogP contribution in [0.1, 0.15) is 40.2 Å². The highest BCUT2D eigenvalue weighted by Gasteiger charge is 2.23. The molecule has 0 bridgehead atoms. The Balaban J connectivity index is 1.48. The molecule has 0 amide bonds. The summed E-state index contributed by atoms with van der Waals surface area (Å²) in [5, 5.41) is 0. The average Bonchev–Trinajstić information content (AvgIpc) is 3.23. The molecule has 4 nitrogen and oxygen atoms in total. The minimum absolute atomic E-state index is 0.298. The van der Waals surface area contributed by atoms with E-state index in [0.717, 1.165) is 29.7 Å². The Labute approximate surface area is 177 Å². The second-order valence-electron chi connectivity index (χ2n) is 7.37. The van der Waals surface area contributed by atoms with E-state index in [4.69, 9.17) is 9.47 Å². The maximum atomic E-state index is 12.0. The maximum absolute atomic E-state index is 12.0. The number of carbonyl (C=O) groups excluding carboxylic acids is 1. The lowest BCUT2D eigenvalue weighted by molar-refractivity contribution is -0.132. The number of carbonyl (C=O) groups is 1. The number of rotatable bonds is 6. The van der Waals surface area contributed by atoms with Gasteiger partial charge in [-0.2, -0.15) is 0 Å². The predicted molar refractivity (Wildman–Crippen MR) is 118 cm³/mol. The van der Waals surface area contributed by atoms with Gasteiger partial charge in [-0.05, 0) is 47.2 Å². The highest BCUT2D eigenvalue weighted by atomic mass is 16.5. The summed E-state index contributed by atoms with van der Waals surface area (Å²) in [6, 6.07) is 24.7. The molecule has 1 atom stereocenters. The van der Waals surface area contributed by atoms with Gasteiger partial charge in [0.2, 0.25) is 0 Å². The van der Waals surface area contributed by atoms with Crippen molar-refractivity contribution in [2.24, 2.45) is 4.99 Å². The maximum Gasteiger partial charge on any atom is 0.356 e. The first-order valence-electron chi connectivity index (χ1n) is 10.1. The number of aliphatic imine (C=N–C) groups is 1. The highest BCUT2D eigenvalue weighted by Crippen LogP contribution is 2.38. The number of fused-ring (bicyclic) bond motifs is 1. The molecule has 3 aromatic carbocycles. The quantitative estimate of drug-likeness (QED) is 0.436. The van der Waals surface area contributed by atoms with Gasteiger partial charge in [-0.3, -0.25) is 4.99 Å². The molecule has 152 valence electrons. The van der Waals surface area contributed by atoms with Crippen molar-refractivity contribution >= 4 is 11.7 Å². The van der Waals surface area contributed by atoms with Crippen LogP contribution in [0.3, 0.4) is 0 Å². The van der Waals surface area contributed by atoms with Gasteiger partial charge in [0.15, 0.2) is 5.71 Å². The third-order valence-corrected chi connectivity index (χ3v) is 5.68. The summed E-state index contributed by atoms with van der Waals surface area (Å²) >= 11 is 0. The topological polar surface area (TPSA) is 47.9 Å². The second kappa shape index (κ2) is 8.95. The summed E-state index contributed by atoms with van der Waals surface area (Å²) in [7, 11) is 2.95. The standard InChI is InChI=1S/C26H25NO3/c1-27-25(26(28)29-2)24-10-6-4-8-20(24)17-30-21-14-11-19(12-15-21)23-16-13-18-7-3-5-9-22(18)23/h3-12,14-15,23H,13,16-17H2,1-2H3. The lowest BCUT2D eigenvalue weighted by Gasteiger charge is -2.14. The van der Waals surface area contributed by atoms with Gasteiger partial charge in [0, 0.05) is 18.5 Å². The molecule has 4 rings (SSSR count). The highest BCUT2D eigenvalue weighted by molar-refractivity contribution is 6.43. The smallest absolute Gasteiger partial charge is 0.356 e.